The number of hydrogen-bond acceptors (Lipinski definition) is 4. The Balaban J connectivity index is 1.46. The number of rotatable bonds is 5. The molecule has 0 spiro atoms. The molecular formula is C32H30BrNO4. The first-order chi connectivity index (χ1) is 18.5. The Kier molecular flexibility index (Phi) is 6.18. The highest BCUT2D eigenvalue weighted by molar-refractivity contribution is 9.10. The molecule has 1 aliphatic heterocycles. The van der Waals surface area contributed by atoms with E-state index in [1.54, 1.807) is 19.3 Å². The molecule has 3 aromatic carbocycles. The number of ether oxygens (including phenoxy) is 2. The predicted octanol–water partition coefficient (Wildman–Crippen LogP) is 5.97. The molecule has 6 heteroatoms. The predicted molar refractivity (Wildman–Crippen MR) is 150 cm³/mol. The molecule has 0 N–H and O–H groups in total. The third kappa shape index (κ3) is 3.49. The van der Waals surface area contributed by atoms with Gasteiger partial charge >= 0.3 is 5.97 Å². The molecule has 7 rings (SSSR count). The number of carbonyl (C=O) groups excluding carboxylic acids is 2. The summed E-state index contributed by atoms with van der Waals surface area (Å²) in [7, 11) is 3.09. The normalized spacial score (nSPS) is 27.2. The number of esters is 1. The Morgan fingerprint density at radius 3 is 2.50 bits per heavy atom. The number of benzene rings is 3. The lowest BCUT2D eigenvalue weighted by atomic mass is 9.42. The van der Waals surface area contributed by atoms with Gasteiger partial charge in [0.1, 0.15) is 5.75 Å². The van der Waals surface area contributed by atoms with E-state index in [4.69, 9.17) is 9.47 Å². The maximum Gasteiger partial charge on any atom is 0.314 e. The molecule has 3 aliphatic carbocycles. The van der Waals surface area contributed by atoms with Gasteiger partial charge in [0, 0.05) is 46.5 Å². The van der Waals surface area contributed by atoms with Gasteiger partial charge in [0.2, 0.25) is 5.91 Å². The van der Waals surface area contributed by atoms with Crippen molar-refractivity contribution in [2.45, 2.75) is 24.2 Å². The molecule has 194 valence electrons. The molecule has 0 aromatic heterocycles. The summed E-state index contributed by atoms with van der Waals surface area (Å²) in [6, 6.07) is 24.6. The number of fused-ring (bicyclic) bond motifs is 1. The van der Waals surface area contributed by atoms with Crippen molar-refractivity contribution >= 4 is 33.9 Å². The summed E-state index contributed by atoms with van der Waals surface area (Å²) < 4.78 is 12.0. The molecule has 4 atom stereocenters. The van der Waals surface area contributed by atoms with Crippen molar-refractivity contribution in [3.8, 4) is 5.75 Å². The number of halogens is 1. The van der Waals surface area contributed by atoms with E-state index in [-0.39, 0.29) is 29.1 Å². The third-order valence-electron chi connectivity index (χ3n) is 9.12. The molecule has 0 radical (unpaired) electrons. The van der Waals surface area contributed by atoms with E-state index in [0.29, 0.717) is 18.8 Å². The van der Waals surface area contributed by atoms with Crippen molar-refractivity contribution in [1.82, 2.24) is 4.90 Å². The summed E-state index contributed by atoms with van der Waals surface area (Å²) in [6.45, 7) is 0.835. The first-order valence-electron chi connectivity index (χ1n) is 13.0. The number of methoxy groups -OCH3 is 2. The van der Waals surface area contributed by atoms with Gasteiger partial charge in [-0.25, -0.2) is 0 Å². The summed E-state index contributed by atoms with van der Waals surface area (Å²) in [5.74, 6) is 0.293. The Bertz CT molecular complexity index is 1430. The van der Waals surface area contributed by atoms with E-state index >= 15 is 0 Å². The van der Waals surface area contributed by atoms with Crippen LogP contribution in [-0.2, 0) is 19.7 Å². The van der Waals surface area contributed by atoms with Gasteiger partial charge in [-0.1, -0.05) is 70.5 Å². The quantitative estimate of drug-likeness (QED) is 0.280. The van der Waals surface area contributed by atoms with Crippen LogP contribution in [0.1, 0.15) is 41.0 Å². The molecule has 1 saturated heterocycles. The van der Waals surface area contributed by atoms with Crippen LogP contribution < -0.4 is 4.74 Å². The molecule has 2 bridgehead atoms. The topological polar surface area (TPSA) is 55.8 Å². The van der Waals surface area contributed by atoms with Gasteiger partial charge in [-0.15, -0.1) is 0 Å². The lowest BCUT2D eigenvalue weighted by Crippen LogP contribution is -2.60. The Morgan fingerprint density at radius 1 is 1.00 bits per heavy atom. The maximum atomic E-state index is 13.8. The molecule has 5 nitrogen and oxygen atoms in total. The van der Waals surface area contributed by atoms with Crippen molar-refractivity contribution in [1.29, 1.82) is 0 Å². The standard InChI is InChI=1S/C32H30BrNO4/c1-37-27-10-6-3-7-21(27)11-16-29(35)34-19-28-31(22-12-14-23(33)15-13-22)18-17-26(24-8-4-5-9-25(24)31)32(28,20-34)30(36)38-2/h3-16,26,28H,17-20H2,1-2H3/b16-11+/t26-,28-,31-,32-/m0/s1. The van der Waals surface area contributed by atoms with Crippen LogP contribution in [-0.4, -0.2) is 44.1 Å². The van der Waals surface area contributed by atoms with Crippen LogP contribution in [0, 0.1) is 11.3 Å². The van der Waals surface area contributed by atoms with Crippen molar-refractivity contribution in [3.05, 3.63) is 106 Å². The highest BCUT2D eigenvalue weighted by Gasteiger charge is 2.71. The molecule has 38 heavy (non-hydrogen) atoms. The van der Waals surface area contributed by atoms with Gasteiger partial charge in [-0.2, -0.15) is 0 Å². The number of amides is 1. The number of carbonyl (C=O) groups is 2. The highest BCUT2D eigenvalue weighted by Crippen LogP contribution is 2.69. The Morgan fingerprint density at radius 2 is 1.74 bits per heavy atom. The van der Waals surface area contributed by atoms with E-state index in [0.717, 1.165) is 22.9 Å². The summed E-state index contributed by atoms with van der Waals surface area (Å²) in [5.41, 5.74) is 3.32. The second kappa shape index (κ2) is 9.42. The van der Waals surface area contributed by atoms with E-state index in [9.17, 15) is 9.59 Å². The van der Waals surface area contributed by atoms with E-state index in [1.807, 2.05) is 29.2 Å². The van der Waals surface area contributed by atoms with Gasteiger partial charge < -0.3 is 14.4 Å². The van der Waals surface area contributed by atoms with Gasteiger partial charge in [-0.3, -0.25) is 9.59 Å². The van der Waals surface area contributed by atoms with Crippen LogP contribution >= 0.6 is 15.9 Å². The van der Waals surface area contributed by atoms with Crippen LogP contribution in [0.5, 0.6) is 5.75 Å². The SMILES string of the molecule is COC(=O)[C@]12CN(C(=O)/C=C/c3ccccc3OC)C[C@H]1[C@]1(c3ccc(Br)cc3)CC[C@H]2c2ccccc21. The number of para-hydroxylation sites is 1. The van der Waals surface area contributed by atoms with Crippen LogP contribution in [0.25, 0.3) is 6.08 Å². The van der Waals surface area contributed by atoms with Crippen molar-refractivity contribution < 1.29 is 19.1 Å². The fourth-order valence-electron chi connectivity index (χ4n) is 7.61. The monoisotopic (exact) mass is 571 g/mol. The van der Waals surface area contributed by atoms with Gasteiger partial charge in [-0.05, 0) is 53.8 Å². The summed E-state index contributed by atoms with van der Waals surface area (Å²) >= 11 is 3.58. The zero-order valence-corrected chi connectivity index (χ0v) is 23.1. The van der Waals surface area contributed by atoms with Crippen molar-refractivity contribution in [2.75, 3.05) is 27.3 Å². The fourth-order valence-corrected chi connectivity index (χ4v) is 7.88. The number of nitrogens with zero attached hydrogens (tertiary/aromatic N) is 1. The number of likely N-dealkylation sites (tertiary alicyclic amines) is 1. The molecule has 1 amide bonds. The summed E-state index contributed by atoms with van der Waals surface area (Å²) in [4.78, 5) is 29.3. The van der Waals surface area contributed by atoms with Crippen molar-refractivity contribution in [3.63, 3.8) is 0 Å². The third-order valence-corrected chi connectivity index (χ3v) is 9.65. The minimum Gasteiger partial charge on any atom is -0.496 e. The van der Waals surface area contributed by atoms with E-state index < -0.39 is 5.41 Å². The van der Waals surface area contributed by atoms with Gasteiger partial charge in [0.15, 0.2) is 0 Å². The number of hydrogen-bond donors (Lipinski definition) is 0. The smallest absolute Gasteiger partial charge is 0.314 e. The molecule has 4 aliphatic rings. The minimum atomic E-state index is -0.803. The van der Waals surface area contributed by atoms with Crippen LogP contribution in [0.15, 0.2) is 83.3 Å². The second-order valence-corrected chi connectivity index (χ2v) is 11.5. The molecular weight excluding hydrogens is 542 g/mol. The lowest BCUT2D eigenvalue weighted by Gasteiger charge is -2.59. The maximum absolute atomic E-state index is 13.8. The summed E-state index contributed by atoms with van der Waals surface area (Å²) in [5, 5.41) is 0. The fraction of sp³-hybridized carbons (Fsp3) is 0.312. The van der Waals surface area contributed by atoms with Crippen LogP contribution in [0.3, 0.4) is 0 Å². The lowest BCUT2D eigenvalue weighted by molar-refractivity contribution is -0.161. The van der Waals surface area contributed by atoms with E-state index in [2.05, 4.69) is 64.5 Å². The Labute approximate surface area is 231 Å². The second-order valence-electron chi connectivity index (χ2n) is 10.5. The molecule has 0 unspecified atom stereocenters. The average molecular weight is 572 g/mol. The zero-order chi connectivity index (χ0) is 26.5. The Hall–Kier alpha value is -3.38. The highest BCUT2D eigenvalue weighted by atomic mass is 79.9. The van der Waals surface area contributed by atoms with Crippen LogP contribution in [0.2, 0.25) is 0 Å². The molecule has 2 fully saturated rings. The van der Waals surface area contributed by atoms with Crippen molar-refractivity contribution in [2.24, 2.45) is 11.3 Å². The largest absolute Gasteiger partial charge is 0.496 e. The first kappa shape index (κ1) is 24.9. The molecule has 1 heterocycles. The average Bonchev–Trinajstić information content (AvgIpc) is 3.40. The van der Waals surface area contributed by atoms with Gasteiger partial charge in [0.05, 0.1) is 19.6 Å². The first-order valence-corrected chi connectivity index (χ1v) is 13.8. The zero-order valence-electron chi connectivity index (χ0n) is 21.5. The van der Waals surface area contributed by atoms with Crippen LogP contribution in [0.4, 0.5) is 0 Å². The molecule has 1 saturated carbocycles. The molecule has 3 aromatic rings. The minimum absolute atomic E-state index is 0.00414. The summed E-state index contributed by atoms with van der Waals surface area (Å²) in [6.07, 6.45) is 5.19. The van der Waals surface area contributed by atoms with Gasteiger partial charge in [0.25, 0.3) is 0 Å². The van der Waals surface area contributed by atoms with E-state index in [1.165, 1.54) is 23.8 Å².